The lowest BCUT2D eigenvalue weighted by atomic mass is 10.1. The summed E-state index contributed by atoms with van der Waals surface area (Å²) in [6.45, 7) is 1.93. The predicted octanol–water partition coefficient (Wildman–Crippen LogP) is 3.53. The highest BCUT2D eigenvalue weighted by Gasteiger charge is 2.35. The van der Waals surface area contributed by atoms with Gasteiger partial charge in [-0.25, -0.2) is 0 Å². The second-order valence-electron chi connectivity index (χ2n) is 6.49. The van der Waals surface area contributed by atoms with Gasteiger partial charge >= 0.3 is 5.97 Å². The van der Waals surface area contributed by atoms with Crippen LogP contribution in [0.15, 0.2) is 39.4 Å². The Balaban J connectivity index is 1.49. The van der Waals surface area contributed by atoms with Crippen molar-refractivity contribution in [3.63, 3.8) is 0 Å². The smallest absolute Gasteiger partial charge is 0.311 e. The van der Waals surface area contributed by atoms with E-state index in [1.54, 1.807) is 24.3 Å². The van der Waals surface area contributed by atoms with Crippen LogP contribution in [-0.4, -0.2) is 35.8 Å². The first kappa shape index (κ1) is 20.4. The number of carbonyl (C=O) groups excluding carboxylic acids is 3. The van der Waals surface area contributed by atoms with E-state index < -0.39 is 24.4 Å². The first-order valence-corrected chi connectivity index (χ1v) is 9.73. The molecule has 0 aliphatic carbocycles. The molecule has 9 heteroatoms. The molecule has 1 aromatic carbocycles. The Morgan fingerprint density at radius 2 is 2.21 bits per heavy atom. The van der Waals surface area contributed by atoms with Gasteiger partial charge in [0.2, 0.25) is 5.91 Å². The van der Waals surface area contributed by atoms with Crippen LogP contribution in [0.4, 0.5) is 5.69 Å². The fraction of sp³-hybridized carbons (Fsp3) is 0.316. The number of esters is 1. The number of amides is 2. The summed E-state index contributed by atoms with van der Waals surface area (Å²) in [5.74, 6) is -1.16. The van der Waals surface area contributed by atoms with Gasteiger partial charge in [0, 0.05) is 23.1 Å². The van der Waals surface area contributed by atoms with Gasteiger partial charge in [-0.2, -0.15) is 0 Å². The number of aryl methyl sites for hydroxylation is 1. The topological polar surface area (TPSA) is 88.8 Å². The minimum absolute atomic E-state index is 0.0581. The molecule has 0 saturated carbocycles. The van der Waals surface area contributed by atoms with Gasteiger partial charge in [-0.1, -0.05) is 11.6 Å². The standard InChI is InChI=1S/C19H18BrClN2O5/c1-11-5-14(20)15(21)7-16(11)22-17(24)10-28-19(26)12-6-18(25)23(8-12)9-13-3-2-4-27-13/h2-5,7,12H,6,8-10H2,1H3,(H,22,24)/t12-/m1/s1. The molecule has 1 atom stereocenters. The lowest BCUT2D eigenvalue weighted by Gasteiger charge is -2.15. The molecule has 1 aliphatic rings. The molecular weight excluding hydrogens is 452 g/mol. The normalized spacial score (nSPS) is 16.3. The number of halogens is 2. The quantitative estimate of drug-likeness (QED) is 0.654. The number of hydrogen-bond donors (Lipinski definition) is 1. The Bertz CT molecular complexity index is 900. The lowest BCUT2D eigenvalue weighted by molar-refractivity contribution is -0.151. The van der Waals surface area contributed by atoms with Crippen molar-refractivity contribution in [3.05, 3.63) is 51.3 Å². The van der Waals surface area contributed by atoms with Gasteiger partial charge in [0.25, 0.3) is 5.91 Å². The van der Waals surface area contributed by atoms with Crippen molar-refractivity contribution in [1.82, 2.24) is 4.90 Å². The number of hydrogen-bond acceptors (Lipinski definition) is 5. The minimum atomic E-state index is -0.598. The molecule has 1 fully saturated rings. The van der Waals surface area contributed by atoms with Gasteiger partial charge in [-0.3, -0.25) is 14.4 Å². The summed E-state index contributed by atoms with van der Waals surface area (Å²) in [4.78, 5) is 37.9. The Hall–Kier alpha value is -2.32. The van der Waals surface area contributed by atoms with Crippen LogP contribution in [0, 0.1) is 12.8 Å². The molecule has 2 aromatic rings. The average molecular weight is 470 g/mol. The number of rotatable bonds is 6. The van der Waals surface area contributed by atoms with Crippen LogP contribution < -0.4 is 5.32 Å². The molecule has 7 nitrogen and oxygen atoms in total. The summed E-state index contributed by atoms with van der Waals surface area (Å²) < 4.78 is 11.0. The third-order valence-corrected chi connectivity index (χ3v) is 5.56. The van der Waals surface area contributed by atoms with E-state index >= 15 is 0 Å². The fourth-order valence-electron chi connectivity index (χ4n) is 2.90. The molecule has 3 rings (SSSR count). The van der Waals surface area contributed by atoms with E-state index in [9.17, 15) is 14.4 Å². The van der Waals surface area contributed by atoms with Crippen LogP contribution in [0.1, 0.15) is 17.7 Å². The molecule has 2 heterocycles. The molecule has 0 spiro atoms. The molecule has 1 aromatic heterocycles. The van der Waals surface area contributed by atoms with E-state index in [4.69, 9.17) is 20.8 Å². The third-order valence-electron chi connectivity index (χ3n) is 4.36. The summed E-state index contributed by atoms with van der Waals surface area (Å²) in [5.41, 5.74) is 1.35. The Kier molecular flexibility index (Phi) is 6.41. The van der Waals surface area contributed by atoms with E-state index in [1.165, 1.54) is 11.2 Å². The number of ether oxygens (including phenoxy) is 1. The maximum atomic E-state index is 12.2. The summed E-state index contributed by atoms with van der Waals surface area (Å²) in [5, 5.41) is 3.12. The summed E-state index contributed by atoms with van der Waals surface area (Å²) in [6.07, 6.45) is 1.59. The van der Waals surface area contributed by atoms with Crippen LogP contribution >= 0.6 is 27.5 Å². The molecule has 2 amide bonds. The molecule has 28 heavy (non-hydrogen) atoms. The maximum absolute atomic E-state index is 12.2. The number of furan rings is 1. The number of nitrogens with zero attached hydrogens (tertiary/aromatic N) is 1. The Morgan fingerprint density at radius 1 is 1.43 bits per heavy atom. The van der Waals surface area contributed by atoms with Gasteiger partial charge in [-0.15, -0.1) is 0 Å². The largest absolute Gasteiger partial charge is 0.467 e. The summed E-state index contributed by atoms with van der Waals surface area (Å²) in [6, 6.07) is 6.89. The molecular formula is C19H18BrClN2O5. The number of anilines is 1. The van der Waals surface area contributed by atoms with Gasteiger partial charge in [-0.05, 0) is 52.7 Å². The number of likely N-dealkylation sites (tertiary alicyclic amines) is 1. The first-order valence-electron chi connectivity index (χ1n) is 8.55. The Labute approximate surface area is 175 Å². The van der Waals surface area contributed by atoms with E-state index in [0.29, 0.717) is 23.0 Å². The molecule has 148 valence electrons. The zero-order valence-corrected chi connectivity index (χ0v) is 17.4. The van der Waals surface area contributed by atoms with Crippen molar-refractivity contribution in [2.24, 2.45) is 5.92 Å². The van der Waals surface area contributed by atoms with Crippen LogP contribution in [0.2, 0.25) is 5.02 Å². The number of benzene rings is 1. The van der Waals surface area contributed by atoms with E-state index in [2.05, 4.69) is 21.2 Å². The van der Waals surface area contributed by atoms with Gasteiger partial charge < -0.3 is 19.4 Å². The molecule has 1 N–H and O–H groups in total. The van der Waals surface area contributed by atoms with E-state index in [1.807, 2.05) is 6.92 Å². The second kappa shape index (κ2) is 8.79. The van der Waals surface area contributed by atoms with Crippen molar-refractivity contribution in [2.75, 3.05) is 18.5 Å². The third kappa shape index (κ3) is 4.94. The molecule has 0 unspecified atom stereocenters. The summed E-state index contributed by atoms with van der Waals surface area (Å²) >= 11 is 9.34. The first-order chi connectivity index (χ1) is 13.3. The molecule has 1 saturated heterocycles. The zero-order valence-electron chi connectivity index (χ0n) is 15.0. The predicted molar refractivity (Wildman–Crippen MR) is 106 cm³/mol. The lowest BCUT2D eigenvalue weighted by Crippen LogP contribution is -2.28. The number of carbonyl (C=O) groups is 3. The zero-order chi connectivity index (χ0) is 20.3. The average Bonchev–Trinajstić information content (AvgIpc) is 3.28. The minimum Gasteiger partial charge on any atom is -0.467 e. The van der Waals surface area contributed by atoms with E-state index in [-0.39, 0.29) is 18.9 Å². The van der Waals surface area contributed by atoms with Gasteiger partial charge in [0.15, 0.2) is 6.61 Å². The fourth-order valence-corrected chi connectivity index (χ4v) is 3.52. The van der Waals surface area contributed by atoms with Crippen molar-refractivity contribution in [1.29, 1.82) is 0 Å². The Morgan fingerprint density at radius 3 is 2.93 bits per heavy atom. The summed E-state index contributed by atoms with van der Waals surface area (Å²) in [7, 11) is 0. The molecule has 0 bridgehead atoms. The SMILES string of the molecule is Cc1cc(Br)c(Cl)cc1NC(=O)COC(=O)[C@@H]1CC(=O)N(Cc2ccco2)C1. The molecule has 0 radical (unpaired) electrons. The number of nitrogens with one attached hydrogen (secondary N) is 1. The van der Waals surface area contributed by atoms with Crippen LogP contribution in [0.5, 0.6) is 0 Å². The maximum Gasteiger partial charge on any atom is 0.311 e. The van der Waals surface area contributed by atoms with Gasteiger partial charge in [0.1, 0.15) is 5.76 Å². The van der Waals surface area contributed by atoms with Crippen LogP contribution in [0.3, 0.4) is 0 Å². The van der Waals surface area contributed by atoms with Crippen molar-refractivity contribution in [2.45, 2.75) is 19.9 Å². The molecule has 1 aliphatic heterocycles. The highest BCUT2D eigenvalue weighted by Crippen LogP contribution is 2.29. The van der Waals surface area contributed by atoms with E-state index in [0.717, 1.165) is 10.0 Å². The van der Waals surface area contributed by atoms with Crippen molar-refractivity contribution in [3.8, 4) is 0 Å². The monoisotopic (exact) mass is 468 g/mol. The highest BCUT2D eigenvalue weighted by atomic mass is 79.9. The highest BCUT2D eigenvalue weighted by molar-refractivity contribution is 9.10. The van der Waals surface area contributed by atoms with Crippen molar-refractivity contribution < 1.29 is 23.5 Å². The van der Waals surface area contributed by atoms with Crippen LogP contribution in [-0.2, 0) is 25.7 Å². The van der Waals surface area contributed by atoms with Crippen molar-refractivity contribution >= 4 is 51.0 Å². The van der Waals surface area contributed by atoms with Gasteiger partial charge in [0.05, 0.1) is 23.7 Å². The van der Waals surface area contributed by atoms with Crippen LogP contribution in [0.25, 0.3) is 0 Å². The second-order valence-corrected chi connectivity index (χ2v) is 7.75.